The zero-order valence-electron chi connectivity index (χ0n) is 11.2. The van der Waals surface area contributed by atoms with E-state index in [2.05, 4.69) is 18.7 Å². The predicted octanol–water partition coefficient (Wildman–Crippen LogP) is 2.40. The lowest BCUT2D eigenvalue weighted by atomic mass is 10.1. The summed E-state index contributed by atoms with van der Waals surface area (Å²) < 4.78 is 5.72. The van der Waals surface area contributed by atoms with Gasteiger partial charge in [-0.05, 0) is 31.6 Å². The van der Waals surface area contributed by atoms with E-state index >= 15 is 0 Å². The van der Waals surface area contributed by atoms with Crippen LogP contribution in [0.5, 0.6) is 0 Å². The Balaban J connectivity index is 2.26. The van der Waals surface area contributed by atoms with Gasteiger partial charge >= 0.3 is 5.97 Å². The molecule has 4 nitrogen and oxygen atoms in total. The number of carbonyl (C=O) groups is 1. The molecule has 0 bridgehead atoms. The van der Waals surface area contributed by atoms with E-state index in [-0.39, 0.29) is 12.2 Å². The third-order valence-corrected chi connectivity index (χ3v) is 3.10. The second-order valence-electron chi connectivity index (χ2n) is 4.89. The Labute approximate surface area is 113 Å². The number of carboxylic acid groups (broad SMARTS) is 1. The van der Waals surface area contributed by atoms with Gasteiger partial charge in [-0.2, -0.15) is 0 Å². The molecular formula is C15H19NO3. The number of anilines is 1. The van der Waals surface area contributed by atoms with Gasteiger partial charge in [0.05, 0.1) is 12.2 Å². The van der Waals surface area contributed by atoms with Crippen molar-refractivity contribution < 1.29 is 14.6 Å². The van der Waals surface area contributed by atoms with E-state index in [4.69, 9.17) is 9.84 Å². The molecule has 1 aromatic rings. The van der Waals surface area contributed by atoms with Crippen LogP contribution in [0.2, 0.25) is 0 Å². The lowest BCUT2D eigenvalue weighted by molar-refractivity contribution is -0.131. The van der Waals surface area contributed by atoms with Crippen LogP contribution in [0.4, 0.5) is 5.69 Å². The zero-order valence-corrected chi connectivity index (χ0v) is 11.2. The maximum absolute atomic E-state index is 10.6. The summed E-state index contributed by atoms with van der Waals surface area (Å²) in [4.78, 5) is 12.9. The first-order valence-corrected chi connectivity index (χ1v) is 6.46. The summed E-state index contributed by atoms with van der Waals surface area (Å²) in [7, 11) is 0. The monoisotopic (exact) mass is 261 g/mol. The second kappa shape index (κ2) is 5.89. The van der Waals surface area contributed by atoms with Crippen molar-refractivity contribution in [2.45, 2.75) is 26.1 Å². The van der Waals surface area contributed by atoms with Gasteiger partial charge in [0.1, 0.15) is 0 Å². The fourth-order valence-corrected chi connectivity index (χ4v) is 2.45. The maximum Gasteiger partial charge on any atom is 0.328 e. The van der Waals surface area contributed by atoms with Crippen LogP contribution in [0.1, 0.15) is 19.4 Å². The third kappa shape index (κ3) is 3.58. The van der Waals surface area contributed by atoms with Crippen molar-refractivity contribution >= 4 is 17.7 Å². The van der Waals surface area contributed by atoms with Crippen molar-refractivity contribution in [3.8, 4) is 0 Å². The lowest BCUT2D eigenvalue weighted by Gasteiger charge is -2.37. The average Bonchev–Trinajstić information content (AvgIpc) is 2.35. The number of nitrogens with zero attached hydrogens (tertiary/aromatic N) is 1. The van der Waals surface area contributed by atoms with Crippen molar-refractivity contribution in [1.82, 2.24) is 0 Å². The van der Waals surface area contributed by atoms with Gasteiger partial charge in [-0.25, -0.2) is 4.79 Å². The molecule has 19 heavy (non-hydrogen) atoms. The quantitative estimate of drug-likeness (QED) is 0.849. The normalized spacial score (nSPS) is 23.8. The third-order valence-electron chi connectivity index (χ3n) is 3.10. The Morgan fingerprint density at radius 1 is 1.32 bits per heavy atom. The molecule has 0 spiro atoms. The zero-order chi connectivity index (χ0) is 13.8. The smallest absolute Gasteiger partial charge is 0.328 e. The van der Waals surface area contributed by atoms with Crippen LogP contribution < -0.4 is 4.90 Å². The topological polar surface area (TPSA) is 49.8 Å². The number of morpholine rings is 1. The first-order chi connectivity index (χ1) is 9.06. The maximum atomic E-state index is 10.6. The highest BCUT2D eigenvalue weighted by molar-refractivity contribution is 5.87. The molecule has 1 aliphatic rings. The first kappa shape index (κ1) is 13.6. The summed E-state index contributed by atoms with van der Waals surface area (Å²) in [6.45, 7) is 5.75. The number of ether oxygens (including phenoxy) is 1. The summed E-state index contributed by atoms with van der Waals surface area (Å²) in [5, 5.41) is 8.74. The highest BCUT2D eigenvalue weighted by Crippen LogP contribution is 2.25. The standard InChI is InChI=1S/C15H19NO3/c1-11-9-16(10-12(2)19-11)14-6-4-3-5-13(14)7-8-15(17)18/h3-8,11-12H,9-10H2,1-2H3,(H,17,18)/b8-7+. The first-order valence-electron chi connectivity index (χ1n) is 6.46. The van der Waals surface area contributed by atoms with E-state index in [9.17, 15) is 4.79 Å². The molecule has 0 aromatic heterocycles. The minimum atomic E-state index is -0.932. The number of para-hydroxylation sites is 1. The molecule has 0 radical (unpaired) electrons. The largest absolute Gasteiger partial charge is 0.478 e. The summed E-state index contributed by atoms with van der Waals surface area (Å²) in [5.74, 6) is -0.932. The molecule has 0 aliphatic carbocycles. The molecule has 2 rings (SSSR count). The fraction of sp³-hybridized carbons (Fsp3) is 0.400. The van der Waals surface area contributed by atoms with Gasteiger partial charge in [0, 0.05) is 24.9 Å². The van der Waals surface area contributed by atoms with Crippen molar-refractivity contribution in [2.75, 3.05) is 18.0 Å². The Morgan fingerprint density at radius 2 is 1.95 bits per heavy atom. The molecule has 1 N–H and O–H groups in total. The number of hydrogen-bond acceptors (Lipinski definition) is 3. The van der Waals surface area contributed by atoms with Gasteiger partial charge in [0.25, 0.3) is 0 Å². The van der Waals surface area contributed by atoms with Gasteiger partial charge in [0.2, 0.25) is 0 Å². The molecular weight excluding hydrogens is 242 g/mol. The minimum absolute atomic E-state index is 0.181. The molecule has 0 saturated carbocycles. The van der Waals surface area contributed by atoms with E-state index in [1.54, 1.807) is 6.08 Å². The predicted molar refractivity (Wildman–Crippen MR) is 75.3 cm³/mol. The Hall–Kier alpha value is -1.81. The van der Waals surface area contributed by atoms with Gasteiger partial charge in [-0.3, -0.25) is 0 Å². The lowest BCUT2D eigenvalue weighted by Crippen LogP contribution is -2.45. The van der Waals surface area contributed by atoms with Gasteiger partial charge in [-0.15, -0.1) is 0 Å². The summed E-state index contributed by atoms with van der Waals surface area (Å²) >= 11 is 0. The Kier molecular flexibility index (Phi) is 4.22. The van der Waals surface area contributed by atoms with Gasteiger partial charge < -0.3 is 14.7 Å². The van der Waals surface area contributed by atoms with E-state index < -0.39 is 5.97 Å². The average molecular weight is 261 g/mol. The van der Waals surface area contributed by atoms with Gasteiger partial charge in [0.15, 0.2) is 0 Å². The molecule has 1 heterocycles. The Morgan fingerprint density at radius 3 is 2.58 bits per heavy atom. The molecule has 2 unspecified atom stereocenters. The molecule has 102 valence electrons. The molecule has 2 atom stereocenters. The fourth-order valence-electron chi connectivity index (χ4n) is 2.45. The van der Waals surface area contributed by atoms with Crippen molar-refractivity contribution in [3.63, 3.8) is 0 Å². The summed E-state index contributed by atoms with van der Waals surface area (Å²) in [6, 6.07) is 7.84. The number of benzene rings is 1. The molecule has 1 aliphatic heterocycles. The second-order valence-corrected chi connectivity index (χ2v) is 4.89. The highest BCUT2D eigenvalue weighted by Gasteiger charge is 2.23. The number of rotatable bonds is 3. The van der Waals surface area contributed by atoms with Crippen LogP contribution >= 0.6 is 0 Å². The van der Waals surface area contributed by atoms with Crippen LogP contribution in [0.15, 0.2) is 30.3 Å². The molecule has 0 amide bonds. The van der Waals surface area contributed by atoms with Crippen LogP contribution in [-0.4, -0.2) is 36.4 Å². The highest BCUT2D eigenvalue weighted by atomic mass is 16.5. The summed E-state index contributed by atoms with van der Waals surface area (Å²) in [5.41, 5.74) is 1.98. The van der Waals surface area contributed by atoms with Crippen molar-refractivity contribution in [2.24, 2.45) is 0 Å². The van der Waals surface area contributed by atoms with E-state index in [0.29, 0.717) is 0 Å². The van der Waals surface area contributed by atoms with Crippen LogP contribution in [-0.2, 0) is 9.53 Å². The van der Waals surface area contributed by atoms with Crippen molar-refractivity contribution in [3.05, 3.63) is 35.9 Å². The molecule has 4 heteroatoms. The molecule has 1 aromatic carbocycles. The van der Waals surface area contributed by atoms with Crippen LogP contribution in [0, 0.1) is 0 Å². The Bertz CT molecular complexity index is 474. The summed E-state index contributed by atoms with van der Waals surface area (Å²) in [6.07, 6.45) is 3.18. The van der Waals surface area contributed by atoms with Crippen LogP contribution in [0.3, 0.4) is 0 Å². The number of aliphatic carboxylic acids is 1. The SMILES string of the molecule is CC1CN(c2ccccc2/C=C/C(=O)O)CC(C)O1. The van der Waals surface area contributed by atoms with Crippen molar-refractivity contribution in [1.29, 1.82) is 0 Å². The molecule has 1 fully saturated rings. The van der Waals surface area contributed by atoms with Crippen LogP contribution in [0.25, 0.3) is 6.08 Å². The van der Waals surface area contributed by atoms with E-state index in [1.807, 2.05) is 24.3 Å². The van der Waals surface area contributed by atoms with Gasteiger partial charge in [-0.1, -0.05) is 18.2 Å². The molecule has 1 saturated heterocycles. The van der Waals surface area contributed by atoms with E-state index in [1.165, 1.54) is 6.08 Å². The van der Waals surface area contributed by atoms with E-state index in [0.717, 1.165) is 24.3 Å². The minimum Gasteiger partial charge on any atom is -0.478 e. The number of hydrogen-bond donors (Lipinski definition) is 1. The number of carboxylic acids is 1.